The van der Waals surface area contributed by atoms with E-state index in [4.69, 9.17) is 16.6 Å². The Balaban J connectivity index is 1.34. The molecule has 0 spiro atoms. The van der Waals surface area contributed by atoms with Gasteiger partial charge in [-0.2, -0.15) is 0 Å². The van der Waals surface area contributed by atoms with Crippen LogP contribution in [-0.4, -0.2) is 46.6 Å². The van der Waals surface area contributed by atoms with Gasteiger partial charge in [-0.25, -0.2) is 4.98 Å². The van der Waals surface area contributed by atoms with Crippen molar-refractivity contribution in [2.24, 2.45) is 0 Å². The average molecular weight is 415 g/mol. The van der Waals surface area contributed by atoms with Gasteiger partial charge in [0.05, 0.1) is 5.69 Å². The number of nitrogens with zero attached hydrogens (tertiary/aromatic N) is 3. The van der Waals surface area contributed by atoms with Gasteiger partial charge in [-0.1, -0.05) is 11.6 Å². The predicted molar refractivity (Wildman–Crippen MR) is 119 cm³/mol. The van der Waals surface area contributed by atoms with Gasteiger partial charge in [-0.15, -0.1) is 0 Å². The number of anilines is 1. The summed E-state index contributed by atoms with van der Waals surface area (Å²) in [6, 6.07) is 9.09. The fraction of sp³-hybridized carbons (Fsp3) is 0.565. The maximum atomic E-state index is 12.3. The van der Waals surface area contributed by atoms with Crippen molar-refractivity contribution in [2.45, 2.75) is 64.5 Å². The zero-order chi connectivity index (χ0) is 20.4. The van der Waals surface area contributed by atoms with Crippen LogP contribution in [0.15, 0.2) is 29.1 Å². The van der Waals surface area contributed by atoms with Crippen molar-refractivity contribution in [1.29, 1.82) is 0 Å². The maximum absolute atomic E-state index is 12.3. The van der Waals surface area contributed by atoms with Crippen LogP contribution < -0.4 is 10.5 Å². The molecule has 2 aromatic rings. The third-order valence-corrected chi connectivity index (χ3v) is 6.62. The van der Waals surface area contributed by atoms with Gasteiger partial charge in [-0.3, -0.25) is 9.69 Å². The zero-order valence-electron chi connectivity index (χ0n) is 17.5. The molecule has 0 radical (unpaired) electrons. The Labute approximate surface area is 178 Å². The van der Waals surface area contributed by atoms with Crippen LogP contribution in [0, 0.1) is 0 Å². The van der Waals surface area contributed by atoms with Gasteiger partial charge in [0, 0.05) is 47.9 Å². The Morgan fingerprint density at radius 1 is 1.10 bits per heavy atom. The van der Waals surface area contributed by atoms with E-state index >= 15 is 0 Å². The largest absolute Gasteiger partial charge is 0.368 e. The fourth-order valence-electron chi connectivity index (χ4n) is 4.86. The summed E-state index contributed by atoms with van der Waals surface area (Å²) in [5, 5.41) is 0.780. The van der Waals surface area contributed by atoms with E-state index in [1.807, 2.05) is 12.1 Å². The third kappa shape index (κ3) is 4.67. The molecule has 2 aliphatic rings. The third-order valence-electron chi connectivity index (χ3n) is 6.36. The minimum Gasteiger partial charge on any atom is -0.368 e. The van der Waals surface area contributed by atoms with E-state index in [9.17, 15) is 4.79 Å². The number of halogens is 1. The number of rotatable bonds is 5. The van der Waals surface area contributed by atoms with Crippen molar-refractivity contribution in [3.63, 3.8) is 0 Å². The second-order valence-electron chi connectivity index (χ2n) is 8.57. The smallest absolute Gasteiger partial charge is 0.254 e. The van der Waals surface area contributed by atoms with E-state index in [0.29, 0.717) is 12.1 Å². The van der Waals surface area contributed by atoms with E-state index in [1.54, 1.807) is 0 Å². The molecule has 156 valence electrons. The lowest BCUT2D eigenvalue weighted by molar-refractivity contribution is 0.130. The number of fused-ring (bicyclic) bond motifs is 1. The quantitative estimate of drug-likeness (QED) is 0.807. The molecule has 5 nitrogen and oxygen atoms in total. The standard InChI is InChI=1S/C23H31ClN4O/c1-16-14-27(19-11-9-18(24)10-12-19)15-17(2)28(16)13-5-8-22-25-21-7-4-3-6-20(21)23(29)26-22/h9-12,16-17H,3-8,13-15H2,1-2H3,(H,25,26,29)/t16-,17-/m0/s1. The first-order valence-electron chi connectivity index (χ1n) is 10.9. The molecular formula is C23H31ClN4O. The Kier molecular flexibility index (Phi) is 6.26. The molecule has 1 aliphatic carbocycles. The fourth-order valence-corrected chi connectivity index (χ4v) is 4.99. The topological polar surface area (TPSA) is 52.2 Å². The molecule has 4 rings (SSSR count). The Morgan fingerprint density at radius 2 is 1.79 bits per heavy atom. The number of aromatic nitrogens is 2. The first kappa shape index (κ1) is 20.4. The SMILES string of the molecule is C[C@H]1CN(c2ccc(Cl)cc2)C[C@H](C)N1CCCc1nc2c(c(=O)[nH]1)CCCC2. The molecule has 0 saturated carbocycles. The van der Waals surface area contributed by atoms with Crippen LogP contribution in [0.1, 0.15) is 50.2 Å². The summed E-state index contributed by atoms with van der Waals surface area (Å²) in [6.07, 6.45) is 5.93. The van der Waals surface area contributed by atoms with Crippen molar-refractivity contribution in [3.05, 3.63) is 56.7 Å². The van der Waals surface area contributed by atoms with Crippen LogP contribution in [-0.2, 0) is 19.3 Å². The summed E-state index contributed by atoms with van der Waals surface area (Å²) in [4.78, 5) is 25.1. The van der Waals surface area contributed by atoms with Gasteiger partial charge >= 0.3 is 0 Å². The highest BCUT2D eigenvalue weighted by Crippen LogP contribution is 2.24. The van der Waals surface area contributed by atoms with Gasteiger partial charge < -0.3 is 9.88 Å². The summed E-state index contributed by atoms with van der Waals surface area (Å²) in [6.45, 7) is 7.66. The average Bonchev–Trinajstić information content (AvgIpc) is 2.70. The molecule has 29 heavy (non-hydrogen) atoms. The summed E-state index contributed by atoms with van der Waals surface area (Å²) in [5.41, 5.74) is 3.28. The number of H-pyrrole nitrogens is 1. The van der Waals surface area contributed by atoms with E-state index in [0.717, 1.165) is 80.3 Å². The van der Waals surface area contributed by atoms with E-state index in [2.05, 4.69) is 40.8 Å². The monoisotopic (exact) mass is 414 g/mol. The normalized spacial score (nSPS) is 22.5. The molecular weight excluding hydrogens is 384 g/mol. The minimum atomic E-state index is 0.0861. The molecule has 1 saturated heterocycles. The lowest BCUT2D eigenvalue weighted by Crippen LogP contribution is -2.57. The summed E-state index contributed by atoms with van der Waals surface area (Å²) < 4.78 is 0. The number of piperazine rings is 1. The molecule has 1 aromatic carbocycles. The summed E-state index contributed by atoms with van der Waals surface area (Å²) >= 11 is 6.03. The Bertz CT molecular complexity index is 883. The number of aryl methyl sites for hydroxylation is 2. The van der Waals surface area contributed by atoms with E-state index < -0.39 is 0 Å². The molecule has 1 aromatic heterocycles. The second kappa shape index (κ2) is 8.88. The molecule has 0 amide bonds. The van der Waals surface area contributed by atoms with Crippen LogP contribution in [0.4, 0.5) is 5.69 Å². The van der Waals surface area contributed by atoms with Gasteiger partial charge in [0.2, 0.25) is 0 Å². The first-order chi connectivity index (χ1) is 14.0. The molecule has 0 unspecified atom stereocenters. The van der Waals surface area contributed by atoms with Crippen LogP contribution in [0.2, 0.25) is 5.02 Å². The molecule has 2 heterocycles. The summed E-state index contributed by atoms with van der Waals surface area (Å²) in [5.74, 6) is 0.857. The lowest BCUT2D eigenvalue weighted by atomic mass is 9.97. The highest BCUT2D eigenvalue weighted by molar-refractivity contribution is 6.30. The highest BCUT2D eigenvalue weighted by Gasteiger charge is 2.29. The Morgan fingerprint density at radius 3 is 2.52 bits per heavy atom. The van der Waals surface area contributed by atoms with E-state index in [-0.39, 0.29) is 5.56 Å². The van der Waals surface area contributed by atoms with E-state index in [1.165, 1.54) is 5.69 Å². The van der Waals surface area contributed by atoms with Crippen LogP contribution in [0.3, 0.4) is 0 Å². The molecule has 1 fully saturated rings. The number of benzene rings is 1. The molecule has 6 heteroatoms. The molecule has 0 bridgehead atoms. The maximum Gasteiger partial charge on any atom is 0.254 e. The van der Waals surface area contributed by atoms with Crippen molar-refractivity contribution in [2.75, 3.05) is 24.5 Å². The van der Waals surface area contributed by atoms with Crippen molar-refractivity contribution >= 4 is 17.3 Å². The minimum absolute atomic E-state index is 0.0861. The number of aromatic amines is 1. The van der Waals surface area contributed by atoms with Gasteiger partial charge in [0.25, 0.3) is 5.56 Å². The van der Waals surface area contributed by atoms with Crippen molar-refractivity contribution < 1.29 is 0 Å². The van der Waals surface area contributed by atoms with Crippen molar-refractivity contribution in [1.82, 2.24) is 14.9 Å². The van der Waals surface area contributed by atoms with Gasteiger partial charge in [0.15, 0.2) is 0 Å². The second-order valence-corrected chi connectivity index (χ2v) is 9.00. The van der Waals surface area contributed by atoms with Crippen LogP contribution in [0.5, 0.6) is 0 Å². The number of hydrogen-bond acceptors (Lipinski definition) is 4. The first-order valence-corrected chi connectivity index (χ1v) is 11.3. The van der Waals surface area contributed by atoms with Crippen molar-refractivity contribution in [3.8, 4) is 0 Å². The Hall–Kier alpha value is -1.85. The predicted octanol–water partition coefficient (Wildman–Crippen LogP) is 3.83. The number of hydrogen-bond donors (Lipinski definition) is 1. The summed E-state index contributed by atoms with van der Waals surface area (Å²) in [7, 11) is 0. The van der Waals surface area contributed by atoms with Gasteiger partial charge in [0.1, 0.15) is 5.82 Å². The lowest BCUT2D eigenvalue weighted by Gasteiger charge is -2.45. The van der Waals surface area contributed by atoms with Crippen LogP contribution in [0.25, 0.3) is 0 Å². The molecule has 2 atom stereocenters. The van der Waals surface area contributed by atoms with Crippen LogP contribution >= 0.6 is 11.6 Å². The van der Waals surface area contributed by atoms with Gasteiger partial charge in [-0.05, 0) is 76.8 Å². The molecule has 1 N–H and O–H groups in total. The number of nitrogens with one attached hydrogen (secondary N) is 1. The molecule has 1 aliphatic heterocycles. The highest BCUT2D eigenvalue weighted by atomic mass is 35.5. The zero-order valence-corrected chi connectivity index (χ0v) is 18.2.